The van der Waals surface area contributed by atoms with Crippen LogP contribution in [0, 0.1) is 6.92 Å². The van der Waals surface area contributed by atoms with Crippen LogP contribution in [0.1, 0.15) is 22.9 Å². The number of aromatic amines is 2. The Morgan fingerprint density at radius 3 is 2.72 bits per heavy atom. The van der Waals surface area contributed by atoms with Gasteiger partial charge in [-0.2, -0.15) is 0 Å². The van der Waals surface area contributed by atoms with Crippen molar-refractivity contribution in [2.45, 2.75) is 12.8 Å². The Hall–Kier alpha value is -2.00. The van der Waals surface area contributed by atoms with Gasteiger partial charge >= 0.3 is 0 Å². The van der Waals surface area contributed by atoms with Crippen molar-refractivity contribution in [1.29, 1.82) is 0 Å². The van der Waals surface area contributed by atoms with E-state index in [1.54, 1.807) is 0 Å². The fraction of sp³-hybridized carbons (Fsp3) is 0.200. The van der Waals surface area contributed by atoms with E-state index in [0.29, 0.717) is 6.54 Å². The maximum absolute atomic E-state index is 5.96. The number of rotatable bonds is 3. The van der Waals surface area contributed by atoms with Crippen molar-refractivity contribution in [1.82, 2.24) is 9.97 Å². The Labute approximate surface area is 106 Å². The van der Waals surface area contributed by atoms with Crippen LogP contribution in [0.5, 0.6) is 0 Å². The highest BCUT2D eigenvalue weighted by atomic mass is 14.8. The molecular formula is C15H17N3. The lowest BCUT2D eigenvalue weighted by molar-refractivity contribution is 0.798. The second-order valence-corrected chi connectivity index (χ2v) is 4.67. The van der Waals surface area contributed by atoms with Gasteiger partial charge in [-0.1, -0.05) is 18.2 Å². The molecule has 2 aromatic heterocycles. The molecule has 3 rings (SSSR count). The van der Waals surface area contributed by atoms with E-state index >= 15 is 0 Å². The maximum atomic E-state index is 5.96. The first kappa shape index (κ1) is 11.1. The van der Waals surface area contributed by atoms with Gasteiger partial charge in [0.15, 0.2) is 0 Å². The van der Waals surface area contributed by atoms with Crippen LogP contribution in [0.3, 0.4) is 0 Å². The van der Waals surface area contributed by atoms with Gasteiger partial charge in [-0.15, -0.1) is 0 Å². The molecule has 0 aliphatic carbocycles. The third kappa shape index (κ3) is 1.73. The van der Waals surface area contributed by atoms with Gasteiger partial charge in [0, 0.05) is 41.0 Å². The van der Waals surface area contributed by atoms with Gasteiger partial charge in [0.1, 0.15) is 0 Å². The molecule has 1 atom stereocenters. The minimum absolute atomic E-state index is 0.217. The monoisotopic (exact) mass is 239 g/mol. The minimum Gasteiger partial charge on any atom is -0.362 e. The minimum atomic E-state index is 0.217. The normalized spacial score (nSPS) is 13.0. The average Bonchev–Trinajstić information content (AvgIpc) is 2.98. The summed E-state index contributed by atoms with van der Waals surface area (Å²) < 4.78 is 0. The number of nitrogens with one attached hydrogen (secondary N) is 2. The van der Waals surface area contributed by atoms with Gasteiger partial charge in [-0.3, -0.25) is 0 Å². The predicted molar refractivity (Wildman–Crippen MR) is 74.7 cm³/mol. The topological polar surface area (TPSA) is 57.6 Å². The van der Waals surface area contributed by atoms with Gasteiger partial charge in [0.25, 0.3) is 0 Å². The van der Waals surface area contributed by atoms with Crippen molar-refractivity contribution < 1.29 is 0 Å². The summed E-state index contributed by atoms with van der Waals surface area (Å²) in [6.07, 6.45) is 2.07. The van der Waals surface area contributed by atoms with Gasteiger partial charge in [0.2, 0.25) is 0 Å². The number of fused-ring (bicyclic) bond motifs is 1. The summed E-state index contributed by atoms with van der Waals surface area (Å²) in [5.41, 5.74) is 10.7. The largest absolute Gasteiger partial charge is 0.362 e. The molecule has 18 heavy (non-hydrogen) atoms. The Morgan fingerprint density at radius 1 is 1.17 bits per heavy atom. The van der Waals surface area contributed by atoms with Crippen molar-refractivity contribution in [3.63, 3.8) is 0 Å². The molecule has 0 saturated carbocycles. The van der Waals surface area contributed by atoms with Crippen LogP contribution in [0.4, 0.5) is 0 Å². The Bertz CT molecular complexity index is 663. The number of hydrogen-bond donors (Lipinski definition) is 3. The van der Waals surface area contributed by atoms with Crippen LogP contribution in [0.25, 0.3) is 10.9 Å². The summed E-state index contributed by atoms with van der Waals surface area (Å²) >= 11 is 0. The molecule has 0 spiro atoms. The van der Waals surface area contributed by atoms with E-state index < -0.39 is 0 Å². The lowest BCUT2D eigenvalue weighted by Crippen LogP contribution is -2.13. The zero-order valence-corrected chi connectivity index (χ0v) is 10.4. The molecule has 2 heterocycles. The molecule has 0 bridgehead atoms. The van der Waals surface area contributed by atoms with Crippen molar-refractivity contribution in [3.8, 4) is 0 Å². The molecule has 0 radical (unpaired) electrons. The van der Waals surface area contributed by atoms with E-state index in [-0.39, 0.29) is 5.92 Å². The third-order valence-corrected chi connectivity index (χ3v) is 3.46. The molecule has 0 aliphatic rings. The first-order chi connectivity index (χ1) is 8.79. The fourth-order valence-electron chi connectivity index (χ4n) is 2.53. The SMILES string of the molecule is Cc1ccc([C@H](CN)c2c[nH]c3ccccc23)[nH]1. The molecule has 3 heteroatoms. The number of aryl methyl sites for hydroxylation is 1. The fourth-order valence-corrected chi connectivity index (χ4v) is 2.53. The van der Waals surface area contributed by atoms with Gasteiger partial charge in [0.05, 0.1) is 0 Å². The van der Waals surface area contributed by atoms with Crippen LogP contribution in [-0.2, 0) is 0 Å². The van der Waals surface area contributed by atoms with Crippen LogP contribution in [0.15, 0.2) is 42.6 Å². The standard InChI is InChI=1S/C15H17N3/c1-10-6-7-15(18-10)12(8-16)13-9-17-14-5-3-2-4-11(13)14/h2-7,9,12,17-18H,8,16H2,1H3/t12-/m1/s1. The molecule has 0 saturated heterocycles. The summed E-state index contributed by atoms with van der Waals surface area (Å²) in [7, 11) is 0. The Balaban J connectivity index is 2.11. The molecule has 0 amide bonds. The lowest BCUT2D eigenvalue weighted by Gasteiger charge is -2.12. The number of benzene rings is 1. The lowest BCUT2D eigenvalue weighted by atomic mass is 9.95. The maximum Gasteiger partial charge on any atom is 0.0457 e. The molecule has 4 N–H and O–H groups in total. The van der Waals surface area contributed by atoms with Gasteiger partial charge < -0.3 is 15.7 Å². The van der Waals surface area contributed by atoms with Crippen LogP contribution in [-0.4, -0.2) is 16.5 Å². The number of nitrogens with two attached hydrogens (primary N) is 1. The zero-order chi connectivity index (χ0) is 12.5. The van der Waals surface area contributed by atoms with Crippen LogP contribution < -0.4 is 5.73 Å². The summed E-state index contributed by atoms with van der Waals surface area (Å²) in [5, 5.41) is 1.25. The average molecular weight is 239 g/mol. The number of para-hydroxylation sites is 1. The van der Waals surface area contributed by atoms with Crippen LogP contribution >= 0.6 is 0 Å². The summed E-state index contributed by atoms with van der Waals surface area (Å²) in [4.78, 5) is 6.70. The highest BCUT2D eigenvalue weighted by Crippen LogP contribution is 2.29. The number of hydrogen-bond acceptors (Lipinski definition) is 1. The van der Waals surface area contributed by atoms with E-state index in [1.165, 1.54) is 22.3 Å². The molecule has 0 fully saturated rings. The highest BCUT2D eigenvalue weighted by Gasteiger charge is 2.17. The summed E-state index contributed by atoms with van der Waals surface area (Å²) in [6.45, 7) is 2.66. The van der Waals surface area contributed by atoms with Crippen molar-refractivity contribution in [3.05, 3.63) is 59.5 Å². The third-order valence-electron chi connectivity index (χ3n) is 3.46. The molecule has 3 nitrogen and oxygen atoms in total. The van der Waals surface area contributed by atoms with Crippen LogP contribution in [0.2, 0.25) is 0 Å². The zero-order valence-electron chi connectivity index (χ0n) is 10.4. The van der Waals surface area contributed by atoms with Gasteiger partial charge in [-0.25, -0.2) is 0 Å². The van der Waals surface area contributed by atoms with Crippen molar-refractivity contribution in [2.24, 2.45) is 5.73 Å². The molecule has 0 unspecified atom stereocenters. The first-order valence-electron chi connectivity index (χ1n) is 6.21. The summed E-state index contributed by atoms with van der Waals surface area (Å²) in [5.74, 6) is 0.217. The second-order valence-electron chi connectivity index (χ2n) is 4.67. The molecule has 1 aromatic carbocycles. The van der Waals surface area contributed by atoms with E-state index in [9.17, 15) is 0 Å². The molecule has 0 aliphatic heterocycles. The second kappa shape index (κ2) is 4.35. The molecule has 92 valence electrons. The van der Waals surface area contributed by atoms with E-state index in [0.717, 1.165) is 5.52 Å². The van der Waals surface area contributed by atoms with Gasteiger partial charge in [-0.05, 0) is 30.7 Å². The molecular weight excluding hydrogens is 222 g/mol. The predicted octanol–water partition coefficient (Wildman–Crippen LogP) is 2.90. The highest BCUT2D eigenvalue weighted by molar-refractivity contribution is 5.84. The van der Waals surface area contributed by atoms with Crippen molar-refractivity contribution >= 4 is 10.9 Å². The summed E-state index contributed by atoms with van der Waals surface area (Å²) in [6, 6.07) is 12.5. The smallest absolute Gasteiger partial charge is 0.0457 e. The quantitative estimate of drug-likeness (QED) is 0.646. The number of aromatic nitrogens is 2. The Morgan fingerprint density at radius 2 is 2.00 bits per heavy atom. The van der Waals surface area contributed by atoms with E-state index in [1.807, 2.05) is 6.07 Å². The van der Waals surface area contributed by atoms with E-state index in [2.05, 4.69) is 53.4 Å². The first-order valence-corrected chi connectivity index (χ1v) is 6.21. The number of H-pyrrole nitrogens is 2. The van der Waals surface area contributed by atoms with E-state index in [4.69, 9.17) is 5.73 Å². The molecule has 3 aromatic rings. The Kier molecular flexibility index (Phi) is 2.68. The van der Waals surface area contributed by atoms with Crippen molar-refractivity contribution in [2.75, 3.05) is 6.54 Å².